The number of carbonyl (C=O) groups excluding carboxylic acids is 3. The third-order valence-electron chi connectivity index (χ3n) is 5.01. The maximum absolute atomic E-state index is 12.5. The smallest absolute Gasteiger partial charge is 0.331 e. The molecule has 0 radical (unpaired) electrons. The van der Waals surface area contributed by atoms with E-state index < -0.39 is 54.2 Å². The lowest BCUT2D eigenvalue weighted by Crippen LogP contribution is -2.38. The molecule has 190 valence electrons. The average molecular weight is 487 g/mol. The Labute approximate surface area is 206 Å². The predicted octanol–water partition coefficient (Wildman–Crippen LogP) is 4.15. The fourth-order valence-corrected chi connectivity index (χ4v) is 3.62. The Morgan fingerprint density at radius 2 is 1.71 bits per heavy atom. The Bertz CT molecular complexity index is 934. The zero-order valence-electron chi connectivity index (χ0n) is 20.8. The molecule has 0 N–H and O–H groups in total. The van der Waals surface area contributed by atoms with Gasteiger partial charge >= 0.3 is 17.9 Å². The van der Waals surface area contributed by atoms with Gasteiger partial charge in [0.25, 0.3) is 0 Å². The van der Waals surface area contributed by atoms with Crippen LogP contribution in [0, 0.1) is 0 Å². The van der Waals surface area contributed by atoms with E-state index in [4.69, 9.17) is 23.7 Å². The standard InChI is InChI=1S/C27H34O8/c1-7-11-23(33-25(30)17-14-21-12-9-8-10-13-21)26-24(34-27(5,6)35-26)16-15-22(32-20(4)29)18(2)31-19(3)28/h7-10,12-18,22-24,26H,1,11H2,2-6H3/b16-15+,17-14+/t18-,22-,23+,24+,26+/m0/s1. The molecule has 8 heteroatoms. The highest BCUT2D eigenvalue weighted by atomic mass is 16.8. The van der Waals surface area contributed by atoms with Gasteiger partial charge in [-0.15, -0.1) is 6.58 Å². The van der Waals surface area contributed by atoms with Crippen molar-refractivity contribution in [2.75, 3.05) is 0 Å². The van der Waals surface area contributed by atoms with E-state index in [1.54, 1.807) is 45.1 Å². The van der Waals surface area contributed by atoms with Crippen LogP contribution in [0.25, 0.3) is 6.08 Å². The molecule has 1 saturated heterocycles. The van der Waals surface area contributed by atoms with Crippen molar-refractivity contribution < 1.29 is 38.1 Å². The van der Waals surface area contributed by atoms with Gasteiger partial charge in [-0.1, -0.05) is 42.5 Å². The van der Waals surface area contributed by atoms with Crippen LogP contribution in [0.15, 0.2) is 61.2 Å². The largest absolute Gasteiger partial charge is 0.459 e. The number of rotatable bonds is 11. The van der Waals surface area contributed by atoms with Crippen LogP contribution in [0.5, 0.6) is 0 Å². The van der Waals surface area contributed by atoms with Crippen LogP contribution in [0.2, 0.25) is 0 Å². The van der Waals surface area contributed by atoms with Gasteiger partial charge in [0, 0.05) is 26.3 Å². The van der Waals surface area contributed by atoms with E-state index in [0.29, 0.717) is 6.42 Å². The summed E-state index contributed by atoms with van der Waals surface area (Å²) in [5, 5.41) is 0. The first-order valence-corrected chi connectivity index (χ1v) is 11.4. The molecule has 1 heterocycles. The molecule has 1 aliphatic heterocycles. The summed E-state index contributed by atoms with van der Waals surface area (Å²) >= 11 is 0. The van der Waals surface area contributed by atoms with Gasteiger partial charge < -0.3 is 23.7 Å². The fraction of sp³-hybridized carbons (Fsp3) is 0.444. The molecule has 2 rings (SSSR count). The molecule has 8 nitrogen and oxygen atoms in total. The Morgan fingerprint density at radius 3 is 2.31 bits per heavy atom. The zero-order chi connectivity index (χ0) is 26.0. The molecular weight excluding hydrogens is 452 g/mol. The van der Waals surface area contributed by atoms with Crippen molar-refractivity contribution >= 4 is 24.0 Å². The number of esters is 3. The van der Waals surface area contributed by atoms with Gasteiger partial charge in [0.05, 0.1) is 0 Å². The molecule has 0 unspecified atom stereocenters. The molecular formula is C27H34O8. The number of carbonyl (C=O) groups is 3. The van der Waals surface area contributed by atoms with E-state index in [0.717, 1.165) is 5.56 Å². The highest BCUT2D eigenvalue weighted by molar-refractivity contribution is 5.87. The first-order valence-electron chi connectivity index (χ1n) is 11.4. The van der Waals surface area contributed by atoms with Gasteiger partial charge in [-0.3, -0.25) is 9.59 Å². The van der Waals surface area contributed by atoms with Crippen LogP contribution in [0.4, 0.5) is 0 Å². The Balaban J connectivity index is 2.20. The molecule has 0 amide bonds. The predicted molar refractivity (Wildman–Crippen MR) is 130 cm³/mol. The van der Waals surface area contributed by atoms with E-state index in [1.807, 2.05) is 30.3 Å². The number of hydrogen-bond acceptors (Lipinski definition) is 8. The first-order chi connectivity index (χ1) is 16.5. The number of ether oxygens (including phenoxy) is 5. The van der Waals surface area contributed by atoms with Crippen LogP contribution < -0.4 is 0 Å². The Morgan fingerprint density at radius 1 is 1.06 bits per heavy atom. The van der Waals surface area contributed by atoms with Crippen LogP contribution in [0.1, 0.15) is 46.6 Å². The monoisotopic (exact) mass is 486 g/mol. The van der Waals surface area contributed by atoms with Gasteiger partial charge in [-0.05, 0) is 38.5 Å². The maximum atomic E-state index is 12.5. The molecule has 1 aromatic carbocycles. The van der Waals surface area contributed by atoms with Crippen molar-refractivity contribution in [3.63, 3.8) is 0 Å². The van der Waals surface area contributed by atoms with Gasteiger partial charge in [0.15, 0.2) is 11.9 Å². The van der Waals surface area contributed by atoms with Crippen molar-refractivity contribution in [3.8, 4) is 0 Å². The molecule has 0 saturated carbocycles. The van der Waals surface area contributed by atoms with Gasteiger partial charge in [-0.2, -0.15) is 0 Å². The summed E-state index contributed by atoms with van der Waals surface area (Å²) in [5.74, 6) is -2.51. The third kappa shape index (κ3) is 9.50. The molecule has 0 spiro atoms. The minimum Gasteiger partial charge on any atom is -0.459 e. The van der Waals surface area contributed by atoms with Crippen LogP contribution in [-0.4, -0.2) is 54.2 Å². The fourth-order valence-electron chi connectivity index (χ4n) is 3.62. The number of hydrogen-bond donors (Lipinski definition) is 0. The van der Waals surface area contributed by atoms with E-state index in [2.05, 4.69) is 6.58 Å². The topological polar surface area (TPSA) is 97.4 Å². The summed E-state index contributed by atoms with van der Waals surface area (Å²) in [7, 11) is 0. The summed E-state index contributed by atoms with van der Waals surface area (Å²) in [4.78, 5) is 35.5. The summed E-state index contributed by atoms with van der Waals surface area (Å²) < 4.78 is 28.2. The molecule has 5 atom stereocenters. The maximum Gasteiger partial charge on any atom is 0.331 e. The van der Waals surface area contributed by atoms with E-state index in [-0.39, 0.29) is 0 Å². The van der Waals surface area contributed by atoms with Crippen LogP contribution in [0.3, 0.4) is 0 Å². The van der Waals surface area contributed by atoms with Crippen molar-refractivity contribution in [3.05, 3.63) is 66.8 Å². The molecule has 0 bridgehead atoms. The molecule has 1 aromatic rings. The minimum atomic E-state index is -0.955. The second-order valence-corrected chi connectivity index (χ2v) is 8.58. The lowest BCUT2D eigenvalue weighted by Gasteiger charge is -2.25. The first kappa shape index (κ1) is 28.0. The minimum absolute atomic E-state index is 0.330. The zero-order valence-corrected chi connectivity index (χ0v) is 20.8. The van der Waals surface area contributed by atoms with Crippen molar-refractivity contribution in [1.29, 1.82) is 0 Å². The van der Waals surface area contributed by atoms with Crippen molar-refractivity contribution in [2.45, 2.75) is 77.3 Å². The average Bonchev–Trinajstić information content (AvgIpc) is 3.09. The van der Waals surface area contributed by atoms with Gasteiger partial charge in [0.2, 0.25) is 0 Å². The van der Waals surface area contributed by atoms with E-state index >= 15 is 0 Å². The molecule has 35 heavy (non-hydrogen) atoms. The summed E-state index contributed by atoms with van der Waals surface area (Å²) in [6, 6.07) is 9.39. The third-order valence-corrected chi connectivity index (χ3v) is 5.01. The lowest BCUT2D eigenvalue weighted by atomic mass is 10.0. The highest BCUT2D eigenvalue weighted by Gasteiger charge is 2.45. The SMILES string of the molecule is C=CC[C@@H](OC(=O)/C=C/c1ccccc1)[C@H]1OC(C)(C)O[C@@H]1/C=C/[C@H](OC(C)=O)[C@H](C)OC(C)=O. The number of benzene rings is 1. The second-order valence-electron chi connectivity index (χ2n) is 8.58. The van der Waals surface area contributed by atoms with E-state index in [9.17, 15) is 14.4 Å². The van der Waals surface area contributed by atoms with Gasteiger partial charge in [0.1, 0.15) is 24.4 Å². The van der Waals surface area contributed by atoms with Gasteiger partial charge in [-0.25, -0.2) is 4.79 Å². The lowest BCUT2D eigenvalue weighted by molar-refractivity contribution is -0.167. The Hall–Kier alpha value is -3.23. The second kappa shape index (κ2) is 13.0. The highest BCUT2D eigenvalue weighted by Crippen LogP contribution is 2.33. The Kier molecular flexibility index (Phi) is 10.4. The molecule has 0 aromatic heterocycles. The normalized spacial score (nSPS) is 21.9. The van der Waals surface area contributed by atoms with Crippen LogP contribution >= 0.6 is 0 Å². The van der Waals surface area contributed by atoms with Crippen molar-refractivity contribution in [2.24, 2.45) is 0 Å². The van der Waals surface area contributed by atoms with Crippen LogP contribution in [-0.2, 0) is 38.1 Å². The molecule has 1 fully saturated rings. The van der Waals surface area contributed by atoms with Crippen molar-refractivity contribution in [1.82, 2.24) is 0 Å². The summed E-state index contributed by atoms with van der Waals surface area (Å²) in [6.07, 6.45) is 4.71. The summed E-state index contributed by atoms with van der Waals surface area (Å²) in [6.45, 7) is 11.4. The molecule has 0 aliphatic carbocycles. The quantitative estimate of drug-likeness (QED) is 0.199. The molecule has 1 aliphatic rings. The van der Waals surface area contributed by atoms with E-state index in [1.165, 1.54) is 19.9 Å². The summed E-state index contributed by atoms with van der Waals surface area (Å²) in [5.41, 5.74) is 0.866.